The molecular formula is C49H51BF2N9O5S2. The van der Waals surface area contributed by atoms with E-state index in [1.807, 2.05) is 101 Å². The van der Waals surface area contributed by atoms with E-state index >= 15 is 8.78 Å². The Morgan fingerprint density at radius 1 is 1.00 bits per heavy atom. The zero-order valence-corrected chi connectivity index (χ0v) is 40.1. The molecule has 0 spiro atoms. The van der Waals surface area contributed by atoms with Crippen molar-refractivity contribution < 1.29 is 31.9 Å². The third kappa shape index (κ3) is 10.1. The molecule has 0 unspecified atom stereocenters. The summed E-state index contributed by atoms with van der Waals surface area (Å²) in [6.07, 6.45) is 5.60. The third-order valence-corrected chi connectivity index (χ3v) is 14.5. The second-order valence-electron chi connectivity index (χ2n) is 18.0. The lowest BCUT2D eigenvalue weighted by Crippen LogP contribution is -2.50. The van der Waals surface area contributed by atoms with Crippen LogP contribution in [0.2, 0.25) is 5.82 Å². The number of anilines is 3. The van der Waals surface area contributed by atoms with Gasteiger partial charge in [-0.05, 0) is 66.3 Å². The number of fused-ring (bicyclic) bond motifs is 1. The summed E-state index contributed by atoms with van der Waals surface area (Å²) in [5, 5.41) is 13.7. The molecule has 3 aromatic carbocycles. The minimum Gasteiger partial charge on any atom is -0.391 e. The van der Waals surface area contributed by atoms with Crippen LogP contribution in [-0.4, -0.2) is 93.5 Å². The quantitative estimate of drug-likeness (QED) is 0.0871. The second kappa shape index (κ2) is 19.6. The largest absolute Gasteiger partial charge is 0.391 e. The maximum atomic E-state index is 16.2. The normalized spacial score (nSPS) is 15.6. The molecule has 4 aromatic heterocycles. The maximum absolute atomic E-state index is 16.2. The van der Waals surface area contributed by atoms with E-state index in [4.69, 9.17) is 4.98 Å². The van der Waals surface area contributed by atoms with E-state index in [1.165, 1.54) is 22.0 Å². The number of aromatic nitrogens is 5. The number of aliphatic hydroxyl groups excluding tert-OH is 1. The Balaban J connectivity index is 1.01. The van der Waals surface area contributed by atoms with Gasteiger partial charge in [-0.2, -0.15) is 0 Å². The molecular weight excluding hydrogens is 908 g/mol. The van der Waals surface area contributed by atoms with E-state index in [9.17, 15) is 23.1 Å². The fraction of sp³-hybridized carbons (Fsp3) is 0.306. The van der Waals surface area contributed by atoms with E-state index in [2.05, 4.69) is 25.0 Å². The molecule has 1 radical (unpaired) electrons. The number of β-amino-alcohol motifs (C(OH)–C–C–N with tert-alkyl or cyclic N) is 1. The topological polar surface area (TPSA) is 176 Å². The Hall–Kier alpha value is -6.57. The molecule has 0 saturated carbocycles. The highest BCUT2D eigenvalue weighted by atomic mass is 32.2. The smallest absolute Gasteiger partial charge is 0.243 e. The van der Waals surface area contributed by atoms with E-state index in [1.54, 1.807) is 42.8 Å². The number of nitrogens with zero attached hydrogens (tertiary/aromatic N) is 7. The second-order valence-corrected chi connectivity index (χ2v) is 20.7. The van der Waals surface area contributed by atoms with E-state index < -0.39 is 50.7 Å². The molecule has 8 rings (SSSR count). The standard InChI is InChI=1S/C49H51BF2N9O5S2/c1-7-20-68(65,66)58-38-17-16-37(51)44(42(38)52)60-26-36(32-23-53-27-54-24-32)43-39(60)18-19-41(57-43)59(6)34-14-12-33(13-15-34)50-46(49(3,4)5)48(64)61-25-35(62)21-40(61)47(63)55-22-30-8-10-31(11-9-30)45-29(2)56-28-67-45/h8-19,23-24,26-28,35,40,46,58,62H,7,20-22,25H2,1-6H3,(H,55,63)/t35-,40+,46-/m1/s1. The summed E-state index contributed by atoms with van der Waals surface area (Å²) < 4.78 is 60.5. The molecule has 14 nitrogen and oxygen atoms in total. The first kappa shape index (κ1) is 47.9. The molecule has 68 heavy (non-hydrogen) atoms. The van der Waals surface area contributed by atoms with Crippen LogP contribution >= 0.6 is 11.3 Å². The number of pyridine rings is 1. The predicted octanol–water partition coefficient (Wildman–Crippen LogP) is 7.55. The average Bonchev–Trinajstić information content (AvgIpc) is 4.04. The van der Waals surface area contributed by atoms with Crippen molar-refractivity contribution in [1.29, 1.82) is 0 Å². The average molecular weight is 959 g/mol. The van der Waals surface area contributed by atoms with Gasteiger partial charge in [-0.25, -0.2) is 37.1 Å². The highest BCUT2D eigenvalue weighted by molar-refractivity contribution is 7.92. The first-order valence-corrected chi connectivity index (χ1v) is 24.7. The van der Waals surface area contributed by atoms with Crippen LogP contribution in [0.15, 0.2) is 103 Å². The SMILES string of the molecule is CCCS(=O)(=O)Nc1ccc(F)c(-n2cc(-c3cncnc3)c3nc(N(C)c4ccc([B][C@H](C(=O)N5C[C@H](O)C[C@H]5C(=O)NCc5ccc(-c6scnc6C)cc5)C(C)(C)C)cc4)ccc32)c1F. The first-order valence-electron chi connectivity index (χ1n) is 22.1. The van der Waals surface area contributed by atoms with Crippen molar-refractivity contribution in [1.82, 2.24) is 34.7 Å². The fourth-order valence-electron chi connectivity index (χ4n) is 8.41. The number of hydrogen-bond acceptors (Lipinski definition) is 11. The number of likely N-dealkylation sites (tertiary alicyclic amines) is 1. The molecule has 1 aliphatic rings. The van der Waals surface area contributed by atoms with Crippen molar-refractivity contribution in [3.05, 3.63) is 126 Å². The lowest BCUT2D eigenvalue weighted by Gasteiger charge is -2.35. The molecule has 3 N–H and O–H groups in total. The van der Waals surface area contributed by atoms with Crippen molar-refractivity contribution in [2.45, 2.75) is 72.0 Å². The highest BCUT2D eigenvalue weighted by Crippen LogP contribution is 2.38. The van der Waals surface area contributed by atoms with Gasteiger partial charge >= 0.3 is 0 Å². The minimum atomic E-state index is -3.88. The number of aryl methyl sites for hydroxylation is 1. The number of thiazole rings is 1. The number of benzene rings is 3. The van der Waals surface area contributed by atoms with E-state index in [0.29, 0.717) is 34.4 Å². The van der Waals surface area contributed by atoms with Crippen LogP contribution in [-0.2, 0) is 26.2 Å². The van der Waals surface area contributed by atoms with Crippen LogP contribution in [0.25, 0.3) is 38.3 Å². The van der Waals surface area contributed by atoms with E-state index in [-0.39, 0.29) is 42.8 Å². The third-order valence-electron chi connectivity index (χ3n) is 12.0. The number of aliphatic hydroxyl groups is 1. The summed E-state index contributed by atoms with van der Waals surface area (Å²) in [5.74, 6) is -2.97. The number of hydrogen-bond donors (Lipinski definition) is 3. The molecule has 19 heteroatoms. The molecule has 1 saturated heterocycles. The van der Waals surface area contributed by atoms with Crippen LogP contribution < -0.4 is 20.4 Å². The lowest BCUT2D eigenvalue weighted by molar-refractivity contribution is -0.139. The number of halogens is 2. The van der Waals surface area contributed by atoms with Crippen LogP contribution in [0, 0.1) is 24.0 Å². The molecule has 3 atom stereocenters. The Morgan fingerprint density at radius 2 is 1.72 bits per heavy atom. The molecule has 0 aliphatic carbocycles. The molecule has 0 bridgehead atoms. The van der Waals surface area contributed by atoms with Gasteiger partial charge in [-0.15, -0.1) is 11.3 Å². The molecule has 1 aliphatic heterocycles. The highest BCUT2D eigenvalue weighted by Gasteiger charge is 2.44. The van der Waals surface area contributed by atoms with Crippen molar-refractivity contribution >= 4 is 74.1 Å². The summed E-state index contributed by atoms with van der Waals surface area (Å²) >= 11 is 1.57. The lowest BCUT2D eigenvalue weighted by atomic mass is 9.50. The maximum Gasteiger partial charge on any atom is 0.243 e. The van der Waals surface area contributed by atoms with Gasteiger partial charge in [0.15, 0.2) is 13.1 Å². The number of amides is 2. The summed E-state index contributed by atoms with van der Waals surface area (Å²) in [6, 6.07) is 20.1. The molecule has 5 heterocycles. The van der Waals surface area contributed by atoms with Crippen molar-refractivity contribution in [3.8, 4) is 27.3 Å². The zero-order chi connectivity index (χ0) is 48.5. The Bertz CT molecular complexity index is 3080. The van der Waals surface area contributed by atoms with Gasteiger partial charge < -0.3 is 24.8 Å². The van der Waals surface area contributed by atoms with Gasteiger partial charge in [0, 0.05) is 67.8 Å². The van der Waals surface area contributed by atoms with Crippen LogP contribution in [0.4, 0.5) is 26.0 Å². The molecule has 2 amide bonds. The Kier molecular flexibility index (Phi) is 13.8. The van der Waals surface area contributed by atoms with Gasteiger partial charge in [-0.1, -0.05) is 69.6 Å². The van der Waals surface area contributed by atoms with Gasteiger partial charge in [0.1, 0.15) is 29.7 Å². The molecule has 351 valence electrons. The fourth-order valence-corrected chi connectivity index (χ4v) is 10.4. The van der Waals surface area contributed by atoms with Gasteiger partial charge in [0.25, 0.3) is 0 Å². The van der Waals surface area contributed by atoms with Crippen LogP contribution in [0.1, 0.15) is 51.8 Å². The van der Waals surface area contributed by atoms with Gasteiger partial charge in [-0.3, -0.25) is 14.3 Å². The van der Waals surface area contributed by atoms with Crippen molar-refractivity contribution in [3.63, 3.8) is 0 Å². The molecule has 1 fully saturated rings. The first-order chi connectivity index (χ1) is 32.4. The number of rotatable bonds is 15. The van der Waals surface area contributed by atoms with E-state index in [0.717, 1.165) is 45.0 Å². The summed E-state index contributed by atoms with van der Waals surface area (Å²) in [6.45, 7) is 9.86. The number of nitrogens with one attached hydrogen (secondary N) is 2. The molecule has 7 aromatic rings. The number of carbonyl (C=O) groups is 2. The summed E-state index contributed by atoms with van der Waals surface area (Å²) in [5.41, 5.74) is 6.55. The Morgan fingerprint density at radius 3 is 2.38 bits per heavy atom. The predicted molar refractivity (Wildman–Crippen MR) is 263 cm³/mol. The monoisotopic (exact) mass is 958 g/mol. The van der Waals surface area contributed by atoms with Crippen molar-refractivity contribution in [2.24, 2.45) is 5.41 Å². The van der Waals surface area contributed by atoms with Gasteiger partial charge in [0.2, 0.25) is 21.8 Å². The number of carbonyl (C=O) groups excluding carboxylic acids is 2. The van der Waals surface area contributed by atoms with Crippen molar-refractivity contribution in [2.75, 3.05) is 29.0 Å². The number of sulfonamides is 1. The van der Waals surface area contributed by atoms with Crippen LogP contribution in [0.5, 0.6) is 0 Å². The van der Waals surface area contributed by atoms with Crippen LogP contribution in [0.3, 0.4) is 0 Å². The summed E-state index contributed by atoms with van der Waals surface area (Å²) in [7, 11) is -0.170. The Labute approximate surface area is 398 Å². The summed E-state index contributed by atoms with van der Waals surface area (Å²) in [4.78, 5) is 50.1. The van der Waals surface area contributed by atoms with Gasteiger partial charge in [0.05, 0.1) is 44.7 Å². The zero-order valence-electron chi connectivity index (χ0n) is 38.4. The minimum absolute atomic E-state index is 0.0422.